The van der Waals surface area contributed by atoms with E-state index in [0.29, 0.717) is 23.6 Å². The van der Waals surface area contributed by atoms with Gasteiger partial charge in [0.25, 0.3) is 5.91 Å². The Kier molecular flexibility index (Phi) is 4.72. The fourth-order valence-corrected chi connectivity index (χ4v) is 1.32. The summed E-state index contributed by atoms with van der Waals surface area (Å²) < 4.78 is 0. The van der Waals surface area contributed by atoms with Crippen LogP contribution in [-0.2, 0) is 4.79 Å². The zero-order valence-electron chi connectivity index (χ0n) is 8.57. The van der Waals surface area contributed by atoms with Crippen LogP contribution in [0.5, 0.6) is 0 Å². The van der Waals surface area contributed by atoms with E-state index < -0.39 is 0 Å². The van der Waals surface area contributed by atoms with Gasteiger partial charge in [0, 0.05) is 25.4 Å². The van der Waals surface area contributed by atoms with Crippen LogP contribution < -0.4 is 11.1 Å². The minimum Gasteiger partial charge on any atom is -0.370 e. The maximum atomic E-state index is 11.6. The van der Waals surface area contributed by atoms with E-state index >= 15 is 0 Å². The van der Waals surface area contributed by atoms with Crippen molar-refractivity contribution in [2.24, 2.45) is 5.73 Å². The summed E-state index contributed by atoms with van der Waals surface area (Å²) in [7, 11) is 0. The van der Waals surface area contributed by atoms with E-state index in [1.165, 1.54) is 18.5 Å². The maximum Gasteiger partial charge on any atom is 0.252 e. The fourth-order valence-electron chi connectivity index (χ4n) is 1.12. The third-order valence-electron chi connectivity index (χ3n) is 1.90. The lowest BCUT2D eigenvalue weighted by Gasteiger charge is -2.05. The van der Waals surface area contributed by atoms with Gasteiger partial charge in [0.2, 0.25) is 5.91 Å². The Morgan fingerprint density at radius 3 is 2.88 bits per heavy atom. The number of halogens is 1. The maximum absolute atomic E-state index is 11.6. The number of rotatable bonds is 5. The Balaban J connectivity index is 2.41. The molecule has 0 atom stereocenters. The second-order valence-corrected chi connectivity index (χ2v) is 3.59. The second-order valence-electron chi connectivity index (χ2n) is 3.18. The summed E-state index contributed by atoms with van der Waals surface area (Å²) in [6.07, 6.45) is 3.66. The SMILES string of the molecule is NC(=O)CCCNC(=O)c1ccncc1Cl. The smallest absolute Gasteiger partial charge is 0.252 e. The molecule has 0 aromatic carbocycles. The second kappa shape index (κ2) is 6.07. The molecule has 1 aromatic heterocycles. The highest BCUT2D eigenvalue weighted by molar-refractivity contribution is 6.33. The Labute approximate surface area is 98.0 Å². The molecule has 16 heavy (non-hydrogen) atoms. The first-order valence-corrected chi connectivity index (χ1v) is 5.15. The van der Waals surface area contributed by atoms with Crippen LogP contribution in [0, 0.1) is 0 Å². The molecule has 0 radical (unpaired) electrons. The minimum atomic E-state index is -0.379. The monoisotopic (exact) mass is 241 g/mol. The van der Waals surface area contributed by atoms with Crippen molar-refractivity contribution < 1.29 is 9.59 Å². The minimum absolute atomic E-state index is 0.254. The Morgan fingerprint density at radius 2 is 2.25 bits per heavy atom. The number of nitrogens with zero attached hydrogens (tertiary/aromatic N) is 1. The number of amides is 2. The van der Waals surface area contributed by atoms with Gasteiger partial charge in [0.15, 0.2) is 0 Å². The average Bonchev–Trinajstić information content (AvgIpc) is 2.24. The van der Waals surface area contributed by atoms with E-state index in [9.17, 15) is 9.59 Å². The molecule has 1 rings (SSSR count). The van der Waals surface area contributed by atoms with Gasteiger partial charge in [-0.3, -0.25) is 14.6 Å². The zero-order chi connectivity index (χ0) is 12.0. The van der Waals surface area contributed by atoms with Gasteiger partial charge in [0.1, 0.15) is 0 Å². The van der Waals surface area contributed by atoms with Gasteiger partial charge in [-0.25, -0.2) is 0 Å². The van der Waals surface area contributed by atoms with Crippen LogP contribution in [0.3, 0.4) is 0 Å². The molecule has 5 nitrogen and oxygen atoms in total. The Hall–Kier alpha value is -1.62. The number of primary amides is 1. The highest BCUT2D eigenvalue weighted by atomic mass is 35.5. The van der Waals surface area contributed by atoms with Crippen molar-refractivity contribution in [1.82, 2.24) is 10.3 Å². The molecule has 0 aliphatic carbocycles. The molecule has 0 unspecified atom stereocenters. The molecule has 0 spiro atoms. The predicted molar refractivity (Wildman–Crippen MR) is 60.0 cm³/mol. The molecule has 0 saturated heterocycles. The van der Waals surface area contributed by atoms with E-state index in [2.05, 4.69) is 10.3 Å². The summed E-state index contributed by atoms with van der Waals surface area (Å²) >= 11 is 5.78. The van der Waals surface area contributed by atoms with Crippen molar-refractivity contribution in [3.8, 4) is 0 Å². The van der Waals surface area contributed by atoms with Gasteiger partial charge in [-0.2, -0.15) is 0 Å². The molecule has 0 aliphatic rings. The summed E-state index contributed by atoms with van der Waals surface area (Å²) in [4.78, 5) is 25.8. The number of carbonyl (C=O) groups is 2. The van der Waals surface area contributed by atoms with Gasteiger partial charge in [-0.15, -0.1) is 0 Å². The van der Waals surface area contributed by atoms with Crippen LogP contribution in [0.15, 0.2) is 18.5 Å². The normalized spacial score (nSPS) is 9.81. The van der Waals surface area contributed by atoms with Crippen molar-refractivity contribution in [3.05, 3.63) is 29.0 Å². The molecule has 3 N–H and O–H groups in total. The van der Waals surface area contributed by atoms with Crippen LogP contribution in [0.4, 0.5) is 0 Å². The predicted octanol–water partition coefficient (Wildman–Crippen LogP) is 0.730. The van der Waals surface area contributed by atoms with Crippen molar-refractivity contribution in [3.63, 3.8) is 0 Å². The van der Waals surface area contributed by atoms with Crippen LogP contribution in [0.25, 0.3) is 0 Å². The lowest BCUT2D eigenvalue weighted by atomic mass is 10.2. The number of nitrogens with two attached hydrogens (primary N) is 1. The standard InChI is InChI=1S/C10H12ClN3O2/c11-8-6-13-5-3-7(8)10(16)14-4-1-2-9(12)15/h3,5-6H,1-2,4H2,(H2,12,15)(H,14,16). The van der Waals surface area contributed by atoms with Crippen LogP contribution in [0.1, 0.15) is 23.2 Å². The number of pyridine rings is 1. The summed E-state index contributed by atoms with van der Waals surface area (Å²) in [5.41, 5.74) is 5.33. The Morgan fingerprint density at radius 1 is 1.50 bits per heavy atom. The van der Waals surface area contributed by atoms with E-state index in [-0.39, 0.29) is 18.2 Å². The summed E-state index contributed by atoms with van der Waals surface area (Å²) in [5, 5.41) is 2.94. The molecule has 0 aliphatic heterocycles. The molecule has 0 bridgehead atoms. The average molecular weight is 242 g/mol. The van der Waals surface area contributed by atoms with Crippen molar-refractivity contribution in [2.75, 3.05) is 6.54 Å². The number of aromatic nitrogens is 1. The van der Waals surface area contributed by atoms with Crippen molar-refractivity contribution >= 4 is 23.4 Å². The third kappa shape index (κ3) is 3.86. The van der Waals surface area contributed by atoms with Gasteiger partial charge in [-0.1, -0.05) is 11.6 Å². The highest BCUT2D eigenvalue weighted by Crippen LogP contribution is 2.12. The van der Waals surface area contributed by atoms with Gasteiger partial charge < -0.3 is 11.1 Å². The van der Waals surface area contributed by atoms with E-state index in [1.807, 2.05) is 0 Å². The summed E-state index contributed by atoms with van der Waals surface area (Å²) in [6, 6.07) is 1.53. The summed E-state index contributed by atoms with van der Waals surface area (Å²) in [6.45, 7) is 0.389. The number of carbonyl (C=O) groups excluding carboxylic acids is 2. The summed E-state index contributed by atoms with van der Waals surface area (Å²) in [5.74, 6) is -0.659. The molecular formula is C10H12ClN3O2. The molecule has 1 heterocycles. The lowest BCUT2D eigenvalue weighted by molar-refractivity contribution is -0.118. The van der Waals surface area contributed by atoms with Crippen molar-refractivity contribution in [1.29, 1.82) is 0 Å². The molecule has 86 valence electrons. The van der Waals surface area contributed by atoms with Crippen LogP contribution >= 0.6 is 11.6 Å². The largest absolute Gasteiger partial charge is 0.370 e. The molecule has 1 aromatic rings. The molecule has 0 saturated carbocycles. The molecule has 0 fully saturated rings. The fraction of sp³-hybridized carbons (Fsp3) is 0.300. The number of hydrogen-bond donors (Lipinski definition) is 2. The van der Waals surface area contributed by atoms with Gasteiger partial charge in [-0.05, 0) is 12.5 Å². The van der Waals surface area contributed by atoms with Gasteiger partial charge >= 0.3 is 0 Å². The first-order valence-electron chi connectivity index (χ1n) is 4.77. The van der Waals surface area contributed by atoms with Gasteiger partial charge in [0.05, 0.1) is 10.6 Å². The van der Waals surface area contributed by atoms with E-state index in [1.54, 1.807) is 0 Å². The molecular weight excluding hydrogens is 230 g/mol. The Bertz CT molecular complexity index is 395. The lowest BCUT2D eigenvalue weighted by Crippen LogP contribution is -2.25. The van der Waals surface area contributed by atoms with Crippen molar-refractivity contribution in [2.45, 2.75) is 12.8 Å². The topological polar surface area (TPSA) is 85.1 Å². The third-order valence-corrected chi connectivity index (χ3v) is 2.20. The van der Waals surface area contributed by atoms with E-state index in [0.717, 1.165) is 0 Å². The highest BCUT2D eigenvalue weighted by Gasteiger charge is 2.08. The van der Waals surface area contributed by atoms with Crippen LogP contribution in [0.2, 0.25) is 5.02 Å². The first-order chi connectivity index (χ1) is 7.61. The molecule has 6 heteroatoms. The first kappa shape index (κ1) is 12.4. The van der Waals surface area contributed by atoms with E-state index in [4.69, 9.17) is 17.3 Å². The number of hydrogen-bond acceptors (Lipinski definition) is 3. The zero-order valence-corrected chi connectivity index (χ0v) is 9.33. The quantitative estimate of drug-likeness (QED) is 0.746. The van der Waals surface area contributed by atoms with Crippen LogP contribution in [-0.4, -0.2) is 23.3 Å². The molecule has 2 amide bonds. The number of nitrogens with one attached hydrogen (secondary N) is 1.